The lowest BCUT2D eigenvalue weighted by Crippen LogP contribution is -2.36. The molecule has 0 radical (unpaired) electrons. The van der Waals surface area contributed by atoms with Gasteiger partial charge in [0.1, 0.15) is 11.4 Å². The third-order valence-corrected chi connectivity index (χ3v) is 4.84. The van der Waals surface area contributed by atoms with Gasteiger partial charge in [-0.25, -0.2) is 0 Å². The first kappa shape index (κ1) is 15.8. The van der Waals surface area contributed by atoms with Gasteiger partial charge in [0.25, 0.3) is 5.91 Å². The SMILES string of the molecule is COc1cccc(Cn2c(C(=O)N3CCCCC3)cc3ccoc32)c1. The van der Waals surface area contributed by atoms with Crippen LogP contribution in [0.3, 0.4) is 0 Å². The fraction of sp³-hybridized carbons (Fsp3) is 0.350. The lowest BCUT2D eigenvalue weighted by atomic mass is 10.1. The summed E-state index contributed by atoms with van der Waals surface area (Å²) in [5.41, 5.74) is 2.50. The van der Waals surface area contributed by atoms with Crippen LogP contribution in [0.15, 0.2) is 47.1 Å². The molecule has 1 aliphatic heterocycles. The number of methoxy groups -OCH3 is 1. The standard InChI is InChI=1S/C20H22N2O3/c1-24-17-7-5-6-15(12-17)14-22-18(13-16-8-11-25-20(16)22)19(23)21-9-3-2-4-10-21/h5-8,11-13H,2-4,9-10,14H2,1H3. The molecule has 1 fully saturated rings. The van der Waals surface area contributed by atoms with Crippen LogP contribution in [-0.4, -0.2) is 35.6 Å². The summed E-state index contributed by atoms with van der Waals surface area (Å²) in [5.74, 6) is 0.901. The van der Waals surface area contributed by atoms with Gasteiger partial charge in [-0.1, -0.05) is 12.1 Å². The summed E-state index contributed by atoms with van der Waals surface area (Å²) in [4.78, 5) is 15.0. The van der Waals surface area contributed by atoms with Gasteiger partial charge in [-0.05, 0) is 49.1 Å². The number of aromatic nitrogens is 1. The molecule has 130 valence electrons. The highest BCUT2D eigenvalue weighted by Gasteiger charge is 2.24. The Morgan fingerprint density at radius 2 is 2.00 bits per heavy atom. The maximum atomic E-state index is 13.0. The van der Waals surface area contributed by atoms with Crippen LogP contribution in [0.25, 0.3) is 11.1 Å². The molecule has 4 rings (SSSR count). The first-order valence-corrected chi connectivity index (χ1v) is 8.75. The van der Waals surface area contributed by atoms with Gasteiger partial charge in [0.2, 0.25) is 5.71 Å². The maximum Gasteiger partial charge on any atom is 0.270 e. The molecule has 0 aliphatic carbocycles. The van der Waals surface area contributed by atoms with Crippen LogP contribution in [0.4, 0.5) is 0 Å². The molecule has 25 heavy (non-hydrogen) atoms. The van der Waals surface area contributed by atoms with E-state index in [0.717, 1.165) is 48.3 Å². The zero-order chi connectivity index (χ0) is 17.2. The van der Waals surface area contributed by atoms with Gasteiger partial charge in [-0.15, -0.1) is 0 Å². The first-order valence-electron chi connectivity index (χ1n) is 8.75. The van der Waals surface area contributed by atoms with Crippen LogP contribution in [0.2, 0.25) is 0 Å². The van der Waals surface area contributed by atoms with Crippen molar-refractivity contribution >= 4 is 17.0 Å². The van der Waals surface area contributed by atoms with Crippen LogP contribution in [0.5, 0.6) is 5.75 Å². The number of likely N-dealkylation sites (tertiary alicyclic amines) is 1. The van der Waals surface area contributed by atoms with Gasteiger partial charge < -0.3 is 18.6 Å². The number of piperidine rings is 1. The van der Waals surface area contributed by atoms with Crippen LogP contribution < -0.4 is 4.74 Å². The van der Waals surface area contributed by atoms with Crippen molar-refractivity contribution in [2.75, 3.05) is 20.2 Å². The maximum absolute atomic E-state index is 13.0. The van der Waals surface area contributed by atoms with E-state index in [9.17, 15) is 4.79 Å². The fourth-order valence-corrected chi connectivity index (χ4v) is 3.52. The van der Waals surface area contributed by atoms with E-state index in [0.29, 0.717) is 12.2 Å². The summed E-state index contributed by atoms with van der Waals surface area (Å²) in [6.45, 7) is 2.25. The number of furan rings is 1. The first-order chi connectivity index (χ1) is 12.3. The number of amides is 1. The van der Waals surface area contributed by atoms with Gasteiger partial charge in [0.15, 0.2) is 0 Å². The molecule has 1 aliphatic rings. The van der Waals surface area contributed by atoms with E-state index in [-0.39, 0.29) is 5.91 Å². The molecule has 0 N–H and O–H groups in total. The van der Waals surface area contributed by atoms with Crippen molar-refractivity contribution in [3.05, 3.63) is 53.9 Å². The van der Waals surface area contributed by atoms with Crippen molar-refractivity contribution in [1.82, 2.24) is 9.47 Å². The van der Waals surface area contributed by atoms with Crippen molar-refractivity contribution in [2.24, 2.45) is 0 Å². The minimum absolute atomic E-state index is 0.0917. The second-order valence-corrected chi connectivity index (χ2v) is 6.50. The van der Waals surface area contributed by atoms with Crippen LogP contribution in [-0.2, 0) is 6.54 Å². The van der Waals surface area contributed by atoms with Crippen molar-refractivity contribution in [3.8, 4) is 5.75 Å². The predicted molar refractivity (Wildman–Crippen MR) is 96.1 cm³/mol. The van der Waals surface area contributed by atoms with Crippen molar-refractivity contribution in [3.63, 3.8) is 0 Å². The molecule has 1 aromatic carbocycles. The Balaban J connectivity index is 1.71. The Kier molecular flexibility index (Phi) is 4.22. The second kappa shape index (κ2) is 6.67. The van der Waals surface area contributed by atoms with E-state index in [1.54, 1.807) is 13.4 Å². The number of hydrogen-bond donors (Lipinski definition) is 0. The summed E-state index contributed by atoms with van der Waals surface area (Å²) in [6.07, 6.45) is 5.04. The highest BCUT2D eigenvalue weighted by atomic mass is 16.5. The molecule has 0 atom stereocenters. The molecule has 5 heteroatoms. The third-order valence-electron chi connectivity index (χ3n) is 4.84. The molecule has 0 saturated carbocycles. The van der Waals surface area contributed by atoms with Gasteiger partial charge in [-0.2, -0.15) is 0 Å². The van der Waals surface area contributed by atoms with Crippen LogP contribution in [0, 0.1) is 0 Å². The molecule has 1 amide bonds. The molecule has 1 saturated heterocycles. The highest BCUT2D eigenvalue weighted by molar-refractivity contribution is 5.97. The normalized spacial score (nSPS) is 14.8. The third kappa shape index (κ3) is 3.02. The number of rotatable bonds is 4. The molecule has 2 aromatic heterocycles. The van der Waals surface area contributed by atoms with Gasteiger partial charge in [0, 0.05) is 18.5 Å². The largest absolute Gasteiger partial charge is 0.497 e. The number of ether oxygens (including phenoxy) is 1. The van der Waals surface area contributed by atoms with E-state index in [1.165, 1.54) is 6.42 Å². The van der Waals surface area contributed by atoms with E-state index in [1.807, 2.05) is 45.9 Å². The quantitative estimate of drug-likeness (QED) is 0.724. The summed E-state index contributed by atoms with van der Waals surface area (Å²) in [6, 6.07) is 11.8. The van der Waals surface area contributed by atoms with Crippen LogP contribution >= 0.6 is 0 Å². The molecule has 0 bridgehead atoms. The lowest BCUT2D eigenvalue weighted by Gasteiger charge is -2.27. The molecule has 3 heterocycles. The minimum atomic E-state index is 0.0917. The zero-order valence-corrected chi connectivity index (χ0v) is 14.4. The summed E-state index contributed by atoms with van der Waals surface area (Å²) in [5, 5.41) is 0.961. The molecule has 0 unspecified atom stereocenters. The predicted octanol–water partition coefficient (Wildman–Crippen LogP) is 3.92. The van der Waals surface area contributed by atoms with E-state index >= 15 is 0 Å². The van der Waals surface area contributed by atoms with Crippen molar-refractivity contribution in [1.29, 1.82) is 0 Å². The monoisotopic (exact) mass is 338 g/mol. The average molecular weight is 338 g/mol. The highest BCUT2D eigenvalue weighted by Crippen LogP contribution is 2.25. The Morgan fingerprint density at radius 1 is 1.16 bits per heavy atom. The second-order valence-electron chi connectivity index (χ2n) is 6.50. The molecule has 3 aromatic rings. The molecular weight excluding hydrogens is 316 g/mol. The summed E-state index contributed by atoms with van der Waals surface area (Å²) >= 11 is 0. The number of benzene rings is 1. The van der Waals surface area contributed by atoms with E-state index < -0.39 is 0 Å². The van der Waals surface area contributed by atoms with Gasteiger partial charge >= 0.3 is 0 Å². The zero-order valence-electron chi connectivity index (χ0n) is 14.4. The summed E-state index contributed by atoms with van der Waals surface area (Å²) < 4.78 is 12.9. The van der Waals surface area contributed by atoms with Crippen LogP contribution in [0.1, 0.15) is 35.3 Å². The number of carbonyl (C=O) groups is 1. The number of hydrogen-bond acceptors (Lipinski definition) is 3. The lowest BCUT2D eigenvalue weighted by molar-refractivity contribution is 0.0714. The smallest absolute Gasteiger partial charge is 0.270 e. The Labute approximate surface area is 146 Å². The van der Waals surface area contributed by atoms with Crippen molar-refractivity contribution < 1.29 is 13.9 Å². The van der Waals surface area contributed by atoms with Gasteiger partial charge in [0.05, 0.1) is 19.9 Å². The molecular formula is C20H22N2O3. The number of carbonyl (C=O) groups excluding carboxylic acids is 1. The van der Waals surface area contributed by atoms with E-state index in [4.69, 9.17) is 9.15 Å². The van der Waals surface area contributed by atoms with E-state index in [2.05, 4.69) is 0 Å². The topological polar surface area (TPSA) is 47.6 Å². The summed E-state index contributed by atoms with van der Waals surface area (Å²) in [7, 11) is 1.66. The van der Waals surface area contributed by atoms with Gasteiger partial charge in [-0.3, -0.25) is 4.79 Å². The Hall–Kier alpha value is -2.69. The molecule has 5 nitrogen and oxygen atoms in total. The number of nitrogens with zero attached hydrogens (tertiary/aromatic N) is 2. The fourth-order valence-electron chi connectivity index (χ4n) is 3.52. The molecule has 0 spiro atoms. The minimum Gasteiger partial charge on any atom is -0.497 e. The average Bonchev–Trinajstić information content (AvgIpc) is 3.25. The Morgan fingerprint density at radius 3 is 2.80 bits per heavy atom. The van der Waals surface area contributed by atoms with Crippen molar-refractivity contribution in [2.45, 2.75) is 25.8 Å². The number of fused-ring (bicyclic) bond motifs is 1. The Bertz CT molecular complexity index is 887.